The van der Waals surface area contributed by atoms with Crippen LogP contribution in [-0.4, -0.2) is 37.7 Å². The lowest BCUT2D eigenvalue weighted by molar-refractivity contribution is 0.0147. The number of nitrogens with zero attached hydrogens (tertiary/aromatic N) is 1. The third kappa shape index (κ3) is 3.10. The highest BCUT2D eigenvalue weighted by Crippen LogP contribution is 2.26. The van der Waals surface area contributed by atoms with Crippen LogP contribution in [0.25, 0.3) is 0 Å². The number of hydrogen-bond donors (Lipinski definition) is 1. The molecule has 1 saturated heterocycles. The highest BCUT2D eigenvalue weighted by molar-refractivity contribution is 5.31. The van der Waals surface area contributed by atoms with Crippen molar-refractivity contribution in [3.8, 4) is 0 Å². The van der Waals surface area contributed by atoms with Crippen LogP contribution >= 0.6 is 0 Å². The molecule has 0 radical (unpaired) electrons. The molecule has 1 aliphatic heterocycles. The molecule has 0 spiro atoms. The van der Waals surface area contributed by atoms with E-state index < -0.39 is 0 Å². The summed E-state index contributed by atoms with van der Waals surface area (Å²) in [7, 11) is 0. The molecule has 1 aromatic carbocycles. The zero-order valence-electron chi connectivity index (χ0n) is 11.5. The van der Waals surface area contributed by atoms with Gasteiger partial charge in [0.05, 0.1) is 13.2 Å². The summed E-state index contributed by atoms with van der Waals surface area (Å²) in [5.74, 6) is 0. The zero-order valence-corrected chi connectivity index (χ0v) is 11.5. The van der Waals surface area contributed by atoms with Crippen molar-refractivity contribution < 1.29 is 4.74 Å². The van der Waals surface area contributed by atoms with Crippen molar-refractivity contribution in [2.24, 2.45) is 5.73 Å². The first-order valence-corrected chi connectivity index (χ1v) is 6.81. The van der Waals surface area contributed by atoms with Crippen LogP contribution in [0.1, 0.15) is 29.2 Å². The Morgan fingerprint density at radius 1 is 1.22 bits per heavy atom. The van der Waals surface area contributed by atoms with Crippen molar-refractivity contribution in [2.75, 3.05) is 32.8 Å². The van der Waals surface area contributed by atoms with E-state index in [0.29, 0.717) is 6.04 Å². The van der Waals surface area contributed by atoms with Crippen molar-refractivity contribution >= 4 is 0 Å². The lowest BCUT2D eigenvalue weighted by Gasteiger charge is -2.35. The van der Waals surface area contributed by atoms with E-state index in [1.54, 1.807) is 0 Å². The van der Waals surface area contributed by atoms with Gasteiger partial charge in [-0.15, -0.1) is 0 Å². The van der Waals surface area contributed by atoms with Crippen LogP contribution in [0.4, 0.5) is 0 Å². The molecule has 3 heteroatoms. The lowest BCUT2D eigenvalue weighted by Crippen LogP contribution is -2.39. The topological polar surface area (TPSA) is 38.5 Å². The second-order valence-corrected chi connectivity index (χ2v) is 5.09. The predicted octanol–water partition coefficient (Wildman–Crippen LogP) is 2.03. The van der Waals surface area contributed by atoms with E-state index in [9.17, 15) is 0 Å². The molecule has 2 rings (SSSR count). The molecule has 100 valence electrons. The fourth-order valence-corrected chi connectivity index (χ4v) is 2.58. The predicted molar refractivity (Wildman–Crippen MR) is 74.7 cm³/mol. The average molecular weight is 248 g/mol. The first-order chi connectivity index (χ1) is 8.72. The molecule has 3 nitrogen and oxygen atoms in total. The highest BCUT2D eigenvalue weighted by atomic mass is 16.5. The summed E-state index contributed by atoms with van der Waals surface area (Å²) in [6.07, 6.45) is 1.02. The van der Waals surface area contributed by atoms with Crippen LogP contribution in [0.3, 0.4) is 0 Å². The van der Waals surface area contributed by atoms with Crippen molar-refractivity contribution in [3.63, 3.8) is 0 Å². The number of ether oxygens (including phenoxy) is 1. The van der Waals surface area contributed by atoms with Gasteiger partial charge in [0.1, 0.15) is 0 Å². The van der Waals surface area contributed by atoms with Crippen LogP contribution in [-0.2, 0) is 4.74 Å². The van der Waals surface area contributed by atoms with Crippen LogP contribution in [0, 0.1) is 13.8 Å². The molecule has 1 unspecified atom stereocenters. The summed E-state index contributed by atoms with van der Waals surface area (Å²) in [5.41, 5.74) is 9.90. The van der Waals surface area contributed by atoms with E-state index in [4.69, 9.17) is 10.5 Å². The maximum absolute atomic E-state index is 5.78. The van der Waals surface area contributed by atoms with Crippen molar-refractivity contribution in [1.82, 2.24) is 4.90 Å². The first-order valence-electron chi connectivity index (χ1n) is 6.81. The highest BCUT2D eigenvalue weighted by Gasteiger charge is 2.22. The van der Waals surface area contributed by atoms with Gasteiger partial charge in [0, 0.05) is 19.1 Å². The SMILES string of the molecule is Cc1ccc(C(CCN)N2CCOCC2)cc1C. The van der Waals surface area contributed by atoms with Crippen molar-refractivity contribution in [1.29, 1.82) is 0 Å². The Labute approximate surface area is 110 Å². The summed E-state index contributed by atoms with van der Waals surface area (Å²) < 4.78 is 5.43. The summed E-state index contributed by atoms with van der Waals surface area (Å²) in [6, 6.07) is 7.22. The Bertz CT molecular complexity index is 386. The number of rotatable bonds is 4. The summed E-state index contributed by atoms with van der Waals surface area (Å²) >= 11 is 0. The summed E-state index contributed by atoms with van der Waals surface area (Å²) in [5, 5.41) is 0. The molecule has 0 aliphatic carbocycles. The number of aryl methyl sites for hydroxylation is 2. The van der Waals surface area contributed by atoms with E-state index in [2.05, 4.69) is 36.9 Å². The van der Waals surface area contributed by atoms with Crippen LogP contribution in [0.2, 0.25) is 0 Å². The standard InChI is InChI=1S/C15H24N2O/c1-12-3-4-14(11-13(12)2)15(5-6-16)17-7-9-18-10-8-17/h3-4,11,15H,5-10,16H2,1-2H3. The van der Waals surface area contributed by atoms with Gasteiger partial charge >= 0.3 is 0 Å². The molecular weight excluding hydrogens is 224 g/mol. The molecule has 1 aliphatic rings. The number of morpholine rings is 1. The van der Waals surface area contributed by atoms with Gasteiger partial charge < -0.3 is 10.5 Å². The van der Waals surface area contributed by atoms with Crippen molar-refractivity contribution in [3.05, 3.63) is 34.9 Å². The minimum Gasteiger partial charge on any atom is -0.379 e. The van der Waals surface area contributed by atoms with Gasteiger partial charge in [-0.2, -0.15) is 0 Å². The largest absolute Gasteiger partial charge is 0.379 e. The summed E-state index contributed by atoms with van der Waals surface area (Å²) in [6.45, 7) is 8.77. The molecule has 0 amide bonds. The Balaban J connectivity index is 2.19. The Kier molecular flexibility index (Phi) is 4.75. The molecular formula is C15H24N2O. The van der Waals surface area contributed by atoms with Gasteiger partial charge in [-0.05, 0) is 43.5 Å². The summed E-state index contributed by atoms with van der Waals surface area (Å²) in [4.78, 5) is 2.50. The zero-order chi connectivity index (χ0) is 13.0. The van der Waals surface area contributed by atoms with E-state index in [-0.39, 0.29) is 0 Å². The van der Waals surface area contributed by atoms with Gasteiger partial charge in [-0.25, -0.2) is 0 Å². The molecule has 1 heterocycles. The second kappa shape index (κ2) is 6.32. The lowest BCUT2D eigenvalue weighted by atomic mass is 9.97. The fraction of sp³-hybridized carbons (Fsp3) is 0.600. The molecule has 2 N–H and O–H groups in total. The average Bonchev–Trinajstić information content (AvgIpc) is 2.40. The second-order valence-electron chi connectivity index (χ2n) is 5.09. The van der Waals surface area contributed by atoms with Crippen molar-refractivity contribution in [2.45, 2.75) is 26.3 Å². The van der Waals surface area contributed by atoms with Gasteiger partial charge in [-0.3, -0.25) is 4.90 Å². The Morgan fingerprint density at radius 2 is 1.94 bits per heavy atom. The van der Waals surface area contributed by atoms with Crippen LogP contribution < -0.4 is 5.73 Å². The molecule has 1 aromatic rings. The number of hydrogen-bond acceptors (Lipinski definition) is 3. The van der Waals surface area contributed by atoms with E-state index >= 15 is 0 Å². The third-order valence-electron chi connectivity index (χ3n) is 3.84. The van der Waals surface area contributed by atoms with Gasteiger partial charge in [0.2, 0.25) is 0 Å². The molecule has 18 heavy (non-hydrogen) atoms. The first kappa shape index (κ1) is 13.5. The fourth-order valence-electron chi connectivity index (χ4n) is 2.58. The Morgan fingerprint density at radius 3 is 2.56 bits per heavy atom. The van der Waals surface area contributed by atoms with E-state index in [1.165, 1.54) is 16.7 Å². The maximum atomic E-state index is 5.78. The Hall–Kier alpha value is -0.900. The monoisotopic (exact) mass is 248 g/mol. The quantitative estimate of drug-likeness (QED) is 0.886. The van der Waals surface area contributed by atoms with Crippen LogP contribution in [0.5, 0.6) is 0 Å². The number of nitrogens with two attached hydrogens (primary N) is 1. The van der Waals surface area contributed by atoms with Gasteiger partial charge in [0.25, 0.3) is 0 Å². The van der Waals surface area contributed by atoms with E-state index in [0.717, 1.165) is 39.3 Å². The molecule has 0 bridgehead atoms. The normalized spacial score (nSPS) is 18.8. The minimum atomic E-state index is 0.443. The number of benzene rings is 1. The molecule has 0 saturated carbocycles. The maximum Gasteiger partial charge on any atom is 0.0594 e. The molecule has 1 fully saturated rings. The molecule has 1 atom stereocenters. The smallest absolute Gasteiger partial charge is 0.0594 e. The minimum absolute atomic E-state index is 0.443. The van der Waals surface area contributed by atoms with Gasteiger partial charge in [0.15, 0.2) is 0 Å². The van der Waals surface area contributed by atoms with Crippen LogP contribution in [0.15, 0.2) is 18.2 Å². The molecule has 0 aromatic heterocycles. The third-order valence-corrected chi connectivity index (χ3v) is 3.84. The van der Waals surface area contributed by atoms with E-state index in [1.807, 2.05) is 0 Å². The van der Waals surface area contributed by atoms with Gasteiger partial charge in [-0.1, -0.05) is 18.2 Å².